The maximum Gasteiger partial charge on any atom is 0.168 e. The summed E-state index contributed by atoms with van der Waals surface area (Å²) in [4.78, 5) is 5.37. The van der Waals surface area contributed by atoms with Gasteiger partial charge in [0.25, 0.3) is 0 Å². The molecule has 1 rings (SSSR count). The van der Waals surface area contributed by atoms with Crippen molar-refractivity contribution in [2.75, 3.05) is 18.5 Å². The highest BCUT2D eigenvalue weighted by atomic mass is 19.1. The Hall–Kier alpha value is -1.23. The average molecular weight is 215 g/mol. The average Bonchev–Trinajstić information content (AvgIpc) is 2.17. The molecule has 1 unspecified atom stereocenters. The lowest BCUT2D eigenvalue weighted by Crippen LogP contribution is -2.32. The monoisotopic (exact) mass is 215 g/mol. The second-order valence-corrected chi connectivity index (χ2v) is 3.50. The first kappa shape index (κ1) is 11.8. The largest absolute Gasteiger partial charge is 0.354 e. The third-order valence-electron chi connectivity index (χ3n) is 2.37. The van der Waals surface area contributed by atoms with Crippen molar-refractivity contribution in [3.63, 3.8) is 0 Å². The predicted molar refractivity (Wildman–Crippen MR) is 55.7 cm³/mol. The fourth-order valence-electron chi connectivity index (χ4n) is 1.31. The van der Waals surface area contributed by atoms with Crippen molar-refractivity contribution in [3.05, 3.63) is 23.9 Å². The molecule has 0 spiro atoms. The SMILES string of the molecule is CC(CCN)N(C)c1ncc(F)cc1F. The Kier molecular flexibility index (Phi) is 3.96. The zero-order valence-electron chi connectivity index (χ0n) is 8.87. The number of pyridine rings is 1. The molecule has 0 fully saturated rings. The van der Waals surface area contributed by atoms with E-state index in [0.717, 1.165) is 18.7 Å². The van der Waals surface area contributed by atoms with Crippen LogP contribution >= 0.6 is 0 Å². The topological polar surface area (TPSA) is 42.1 Å². The van der Waals surface area contributed by atoms with Gasteiger partial charge in [0.1, 0.15) is 5.82 Å². The molecule has 0 aliphatic rings. The van der Waals surface area contributed by atoms with Crippen molar-refractivity contribution in [1.29, 1.82) is 0 Å². The van der Waals surface area contributed by atoms with E-state index in [1.165, 1.54) is 0 Å². The summed E-state index contributed by atoms with van der Waals surface area (Å²) in [6.45, 7) is 2.44. The van der Waals surface area contributed by atoms with Gasteiger partial charge in [-0.15, -0.1) is 0 Å². The van der Waals surface area contributed by atoms with Crippen molar-refractivity contribution in [1.82, 2.24) is 4.98 Å². The smallest absolute Gasteiger partial charge is 0.168 e. The zero-order chi connectivity index (χ0) is 11.4. The molecule has 2 N–H and O–H groups in total. The molecule has 0 aliphatic heterocycles. The van der Waals surface area contributed by atoms with Crippen LogP contribution < -0.4 is 10.6 Å². The Bertz CT molecular complexity index is 330. The minimum atomic E-state index is -0.670. The number of hydrogen-bond acceptors (Lipinski definition) is 3. The molecule has 0 saturated heterocycles. The summed E-state index contributed by atoms with van der Waals surface area (Å²) in [6.07, 6.45) is 1.74. The Morgan fingerprint density at radius 1 is 1.53 bits per heavy atom. The highest BCUT2D eigenvalue weighted by Gasteiger charge is 2.15. The van der Waals surface area contributed by atoms with Crippen LogP contribution in [-0.4, -0.2) is 24.6 Å². The van der Waals surface area contributed by atoms with Gasteiger partial charge in [-0.2, -0.15) is 0 Å². The first-order chi connectivity index (χ1) is 7.06. The van der Waals surface area contributed by atoms with Gasteiger partial charge >= 0.3 is 0 Å². The van der Waals surface area contributed by atoms with Crippen LogP contribution in [0.3, 0.4) is 0 Å². The lowest BCUT2D eigenvalue weighted by atomic mass is 10.2. The Labute approximate surface area is 87.9 Å². The molecule has 3 nitrogen and oxygen atoms in total. The molecule has 0 radical (unpaired) electrons. The molecule has 0 bridgehead atoms. The summed E-state index contributed by atoms with van der Waals surface area (Å²) < 4.78 is 25.9. The molecule has 1 aromatic rings. The number of aromatic nitrogens is 1. The maximum atomic E-state index is 13.3. The highest BCUT2D eigenvalue weighted by Crippen LogP contribution is 2.18. The summed E-state index contributed by atoms with van der Waals surface area (Å²) in [5, 5.41) is 0. The van der Waals surface area contributed by atoms with E-state index in [1.54, 1.807) is 11.9 Å². The van der Waals surface area contributed by atoms with Crippen LogP contribution in [0.1, 0.15) is 13.3 Å². The van der Waals surface area contributed by atoms with Gasteiger partial charge in [0.15, 0.2) is 11.6 Å². The Morgan fingerprint density at radius 3 is 2.73 bits per heavy atom. The fraction of sp³-hybridized carbons (Fsp3) is 0.500. The highest BCUT2D eigenvalue weighted by molar-refractivity contribution is 5.39. The molecular weight excluding hydrogens is 200 g/mol. The number of nitrogens with two attached hydrogens (primary N) is 1. The summed E-state index contributed by atoms with van der Waals surface area (Å²) in [7, 11) is 1.71. The molecule has 1 atom stereocenters. The summed E-state index contributed by atoms with van der Waals surface area (Å²) >= 11 is 0. The van der Waals surface area contributed by atoms with Crippen molar-refractivity contribution in [2.45, 2.75) is 19.4 Å². The van der Waals surface area contributed by atoms with Crippen molar-refractivity contribution in [2.24, 2.45) is 5.73 Å². The third-order valence-corrected chi connectivity index (χ3v) is 2.37. The molecule has 84 valence electrons. The number of hydrogen-bond donors (Lipinski definition) is 1. The van der Waals surface area contributed by atoms with Crippen LogP contribution in [0.25, 0.3) is 0 Å². The van der Waals surface area contributed by atoms with Crippen LogP contribution in [0.15, 0.2) is 12.3 Å². The Balaban J connectivity index is 2.86. The van der Waals surface area contributed by atoms with E-state index in [-0.39, 0.29) is 11.9 Å². The van der Waals surface area contributed by atoms with E-state index in [2.05, 4.69) is 4.98 Å². The van der Waals surface area contributed by atoms with Gasteiger partial charge in [0.05, 0.1) is 6.20 Å². The molecule has 0 saturated carbocycles. The van der Waals surface area contributed by atoms with Crippen LogP contribution in [0.4, 0.5) is 14.6 Å². The van der Waals surface area contributed by atoms with E-state index in [1.807, 2.05) is 6.92 Å². The zero-order valence-corrected chi connectivity index (χ0v) is 8.87. The second kappa shape index (κ2) is 5.02. The van der Waals surface area contributed by atoms with E-state index < -0.39 is 11.6 Å². The van der Waals surface area contributed by atoms with E-state index >= 15 is 0 Å². The van der Waals surface area contributed by atoms with Crippen LogP contribution in [0.5, 0.6) is 0 Å². The van der Waals surface area contributed by atoms with Gasteiger partial charge in [-0.25, -0.2) is 13.8 Å². The van der Waals surface area contributed by atoms with Crippen molar-refractivity contribution in [3.8, 4) is 0 Å². The summed E-state index contributed by atoms with van der Waals surface area (Å²) in [5.41, 5.74) is 5.41. The lowest BCUT2D eigenvalue weighted by Gasteiger charge is -2.25. The molecule has 0 aromatic carbocycles. The number of rotatable bonds is 4. The Morgan fingerprint density at radius 2 is 2.20 bits per heavy atom. The summed E-state index contributed by atoms with van der Waals surface area (Å²) in [5.74, 6) is -1.17. The second-order valence-electron chi connectivity index (χ2n) is 3.50. The molecule has 1 aromatic heterocycles. The molecule has 5 heteroatoms. The van der Waals surface area contributed by atoms with Gasteiger partial charge in [0.2, 0.25) is 0 Å². The number of anilines is 1. The van der Waals surface area contributed by atoms with Crippen molar-refractivity contribution < 1.29 is 8.78 Å². The van der Waals surface area contributed by atoms with Gasteiger partial charge in [-0.3, -0.25) is 0 Å². The molecule has 0 amide bonds. The van der Waals surface area contributed by atoms with Crippen LogP contribution in [0.2, 0.25) is 0 Å². The molecule has 0 aliphatic carbocycles. The van der Waals surface area contributed by atoms with E-state index in [9.17, 15) is 8.78 Å². The first-order valence-corrected chi connectivity index (χ1v) is 4.80. The van der Waals surface area contributed by atoms with Crippen LogP contribution in [0, 0.1) is 11.6 Å². The third kappa shape index (κ3) is 2.86. The number of halogens is 2. The van der Waals surface area contributed by atoms with E-state index in [0.29, 0.717) is 6.54 Å². The maximum absolute atomic E-state index is 13.3. The van der Waals surface area contributed by atoms with E-state index in [4.69, 9.17) is 5.73 Å². The first-order valence-electron chi connectivity index (χ1n) is 4.80. The normalized spacial score (nSPS) is 12.6. The molecular formula is C10H15F2N3. The molecule has 15 heavy (non-hydrogen) atoms. The quantitative estimate of drug-likeness (QED) is 0.828. The van der Waals surface area contributed by atoms with Gasteiger partial charge in [0, 0.05) is 19.2 Å². The predicted octanol–water partition coefficient (Wildman–Crippen LogP) is 1.53. The minimum absolute atomic E-state index is 0.0717. The minimum Gasteiger partial charge on any atom is -0.354 e. The molecule has 1 heterocycles. The standard InChI is InChI=1S/C10H15F2N3/c1-7(3-4-13)15(2)10-9(12)5-8(11)6-14-10/h5-7H,3-4,13H2,1-2H3. The number of nitrogens with zero attached hydrogens (tertiary/aromatic N) is 2. The van der Waals surface area contributed by atoms with Crippen molar-refractivity contribution >= 4 is 5.82 Å². The summed E-state index contributed by atoms with van der Waals surface area (Å²) in [6, 6.07) is 0.899. The van der Waals surface area contributed by atoms with Crippen LogP contribution in [-0.2, 0) is 0 Å². The van der Waals surface area contributed by atoms with Gasteiger partial charge < -0.3 is 10.6 Å². The fourth-order valence-corrected chi connectivity index (χ4v) is 1.31. The van der Waals surface area contributed by atoms with Gasteiger partial charge in [-0.1, -0.05) is 0 Å². The lowest BCUT2D eigenvalue weighted by molar-refractivity contribution is 0.555. The van der Waals surface area contributed by atoms with Gasteiger partial charge in [-0.05, 0) is 19.9 Å².